The molecule has 1 heterocycles. The summed E-state index contributed by atoms with van der Waals surface area (Å²) in [6.07, 6.45) is 0.850. The fraction of sp³-hybridized carbons (Fsp3) is 0.333. The van der Waals surface area contributed by atoms with E-state index in [9.17, 15) is 14.9 Å². The van der Waals surface area contributed by atoms with Gasteiger partial charge >= 0.3 is 12.0 Å². The van der Waals surface area contributed by atoms with Gasteiger partial charge in [-0.1, -0.05) is 5.16 Å². The smallest absolute Gasteiger partial charge is 0.310 e. The van der Waals surface area contributed by atoms with Crippen molar-refractivity contribution in [2.75, 3.05) is 0 Å². The average molecular weight is 130 g/mol. The lowest BCUT2D eigenvalue weighted by Gasteiger charge is -1.89. The Kier molecular flexibility index (Phi) is 1.14. The largest absolute Gasteiger partial charge is 0.414 e. The molecule has 1 atom stereocenters. The van der Waals surface area contributed by atoms with Crippen LogP contribution in [0.25, 0.3) is 0 Å². The highest BCUT2D eigenvalue weighted by atomic mass is 16.7. The summed E-state index contributed by atoms with van der Waals surface area (Å²) in [5, 5.41) is 12.8. The Bertz CT molecular complexity index is 186. The van der Waals surface area contributed by atoms with Gasteiger partial charge in [-0.05, 0) is 0 Å². The maximum absolute atomic E-state index is 10.2. The number of nitro groups is 1. The summed E-state index contributed by atoms with van der Waals surface area (Å²) in [5.74, 6) is -0.931. The lowest BCUT2D eigenvalue weighted by molar-refractivity contribution is -0.488. The van der Waals surface area contributed by atoms with Crippen LogP contribution in [0.15, 0.2) is 5.16 Å². The van der Waals surface area contributed by atoms with Gasteiger partial charge in [0.2, 0.25) is 0 Å². The van der Waals surface area contributed by atoms with Crippen LogP contribution >= 0.6 is 0 Å². The van der Waals surface area contributed by atoms with Crippen molar-refractivity contribution in [1.29, 1.82) is 0 Å². The summed E-state index contributed by atoms with van der Waals surface area (Å²) in [6, 6.07) is -1.40. The van der Waals surface area contributed by atoms with Crippen LogP contribution in [0.3, 0.4) is 0 Å². The van der Waals surface area contributed by atoms with Crippen molar-refractivity contribution in [2.45, 2.75) is 6.04 Å². The van der Waals surface area contributed by atoms with Crippen LogP contribution in [0.2, 0.25) is 0 Å². The Morgan fingerprint density at radius 1 is 1.89 bits per heavy atom. The Morgan fingerprint density at radius 3 is 2.78 bits per heavy atom. The van der Waals surface area contributed by atoms with Crippen molar-refractivity contribution in [3.63, 3.8) is 0 Å². The van der Waals surface area contributed by atoms with E-state index in [1.54, 1.807) is 0 Å². The molecule has 1 aliphatic rings. The van der Waals surface area contributed by atoms with E-state index in [4.69, 9.17) is 0 Å². The third-order valence-electron chi connectivity index (χ3n) is 0.813. The van der Waals surface area contributed by atoms with Crippen LogP contribution in [0, 0.1) is 10.1 Å². The summed E-state index contributed by atoms with van der Waals surface area (Å²) in [4.78, 5) is 23.2. The summed E-state index contributed by atoms with van der Waals surface area (Å²) >= 11 is 0. The number of rotatable bonds is 1. The molecule has 6 heteroatoms. The van der Waals surface area contributed by atoms with Crippen molar-refractivity contribution in [3.8, 4) is 0 Å². The minimum absolute atomic E-state index is 0.765. The first-order valence-corrected chi connectivity index (χ1v) is 2.09. The molecule has 0 bridgehead atoms. The van der Waals surface area contributed by atoms with Gasteiger partial charge in [0.1, 0.15) is 6.21 Å². The molecule has 0 aromatic rings. The SMILES string of the molecule is O=C1ON=CC1[N+](=O)[O-]. The zero-order valence-electron chi connectivity index (χ0n) is 4.18. The quantitative estimate of drug-likeness (QED) is 0.263. The van der Waals surface area contributed by atoms with Crippen LogP contribution in [-0.4, -0.2) is 23.1 Å². The zero-order valence-corrected chi connectivity index (χ0v) is 4.18. The second-order valence-corrected chi connectivity index (χ2v) is 1.39. The molecular weight excluding hydrogens is 128 g/mol. The number of oxime groups is 1. The molecule has 0 saturated heterocycles. The molecule has 0 aromatic heterocycles. The number of carbonyl (C=O) groups is 1. The second-order valence-electron chi connectivity index (χ2n) is 1.39. The van der Waals surface area contributed by atoms with Crippen LogP contribution in [0.4, 0.5) is 0 Å². The summed E-state index contributed by atoms with van der Waals surface area (Å²) < 4.78 is 0. The molecule has 9 heavy (non-hydrogen) atoms. The van der Waals surface area contributed by atoms with Crippen LogP contribution in [0.1, 0.15) is 0 Å². The van der Waals surface area contributed by atoms with E-state index in [1.165, 1.54) is 0 Å². The second kappa shape index (κ2) is 1.81. The summed E-state index contributed by atoms with van der Waals surface area (Å²) in [6.45, 7) is 0. The van der Waals surface area contributed by atoms with E-state index in [0.29, 0.717) is 0 Å². The summed E-state index contributed by atoms with van der Waals surface area (Å²) in [5.41, 5.74) is 0. The highest BCUT2D eigenvalue weighted by Crippen LogP contribution is 1.98. The number of nitrogens with zero attached hydrogens (tertiary/aromatic N) is 2. The third kappa shape index (κ3) is 0.857. The van der Waals surface area contributed by atoms with Crippen LogP contribution in [-0.2, 0) is 9.63 Å². The van der Waals surface area contributed by atoms with E-state index in [1.807, 2.05) is 0 Å². The first-order chi connectivity index (χ1) is 4.22. The maximum atomic E-state index is 10.2. The highest BCUT2D eigenvalue weighted by Gasteiger charge is 2.34. The highest BCUT2D eigenvalue weighted by molar-refractivity contribution is 5.95. The van der Waals surface area contributed by atoms with Gasteiger partial charge in [0.25, 0.3) is 0 Å². The molecule has 0 N–H and O–H groups in total. The Labute approximate surface area is 49.2 Å². The molecule has 1 unspecified atom stereocenters. The number of hydrogen-bond acceptors (Lipinski definition) is 5. The molecule has 6 nitrogen and oxygen atoms in total. The van der Waals surface area contributed by atoms with E-state index in [0.717, 1.165) is 6.21 Å². The molecule has 0 saturated carbocycles. The van der Waals surface area contributed by atoms with Crippen LogP contribution < -0.4 is 0 Å². The standard InChI is InChI=1S/C3H2N2O4/c6-3-2(5(7)8)1-4-9-3/h1-2H. The van der Waals surface area contributed by atoms with E-state index in [2.05, 4.69) is 9.99 Å². The minimum atomic E-state index is -1.40. The van der Waals surface area contributed by atoms with Gasteiger partial charge in [0.05, 0.1) is 0 Å². The average Bonchev–Trinajstić information content (AvgIpc) is 2.13. The monoisotopic (exact) mass is 130 g/mol. The van der Waals surface area contributed by atoms with Crippen molar-refractivity contribution >= 4 is 12.2 Å². The zero-order chi connectivity index (χ0) is 6.85. The fourth-order valence-electron chi connectivity index (χ4n) is 0.395. The molecule has 1 aliphatic heterocycles. The van der Waals surface area contributed by atoms with Gasteiger partial charge in [-0.15, -0.1) is 0 Å². The molecule has 48 valence electrons. The minimum Gasteiger partial charge on any atom is -0.310 e. The van der Waals surface area contributed by atoms with Gasteiger partial charge in [-0.2, -0.15) is 0 Å². The van der Waals surface area contributed by atoms with Crippen molar-refractivity contribution in [2.24, 2.45) is 5.16 Å². The van der Waals surface area contributed by atoms with Gasteiger partial charge in [-0.25, -0.2) is 4.79 Å². The predicted octanol–water partition coefficient (Wildman–Crippen LogP) is -0.826. The Balaban J connectivity index is 2.71. The topological polar surface area (TPSA) is 81.8 Å². The van der Waals surface area contributed by atoms with Crippen molar-refractivity contribution < 1.29 is 14.6 Å². The molecular formula is C3H2N2O4. The van der Waals surface area contributed by atoms with Gasteiger partial charge in [-0.3, -0.25) is 10.1 Å². The Hall–Kier alpha value is -1.46. The third-order valence-corrected chi connectivity index (χ3v) is 0.813. The maximum Gasteiger partial charge on any atom is 0.414 e. The van der Waals surface area contributed by atoms with Crippen molar-refractivity contribution in [1.82, 2.24) is 0 Å². The first-order valence-electron chi connectivity index (χ1n) is 2.09. The molecule has 0 radical (unpaired) electrons. The molecule has 0 spiro atoms. The molecule has 0 aromatic carbocycles. The van der Waals surface area contributed by atoms with E-state index in [-0.39, 0.29) is 0 Å². The number of hydrogen-bond donors (Lipinski definition) is 0. The van der Waals surface area contributed by atoms with Gasteiger partial charge in [0.15, 0.2) is 0 Å². The molecule has 0 aliphatic carbocycles. The Morgan fingerprint density at radius 2 is 2.56 bits per heavy atom. The van der Waals surface area contributed by atoms with E-state index < -0.39 is 16.9 Å². The molecule has 0 amide bonds. The van der Waals surface area contributed by atoms with Crippen LogP contribution in [0.5, 0.6) is 0 Å². The normalized spacial score (nSPS) is 24.0. The fourth-order valence-corrected chi connectivity index (χ4v) is 0.395. The van der Waals surface area contributed by atoms with E-state index >= 15 is 0 Å². The lowest BCUT2D eigenvalue weighted by atomic mass is 10.4. The first kappa shape index (κ1) is 5.67. The predicted molar refractivity (Wildman–Crippen MR) is 25.4 cm³/mol. The lowest BCUT2D eigenvalue weighted by Crippen LogP contribution is -2.26. The summed E-state index contributed by atoms with van der Waals surface area (Å²) in [7, 11) is 0. The van der Waals surface area contributed by atoms with Crippen molar-refractivity contribution in [3.05, 3.63) is 10.1 Å². The van der Waals surface area contributed by atoms with Gasteiger partial charge < -0.3 is 4.84 Å². The molecule has 1 rings (SSSR count). The molecule has 0 fully saturated rings. The van der Waals surface area contributed by atoms with Gasteiger partial charge in [0, 0.05) is 4.92 Å². The number of carbonyl (C=O) groups excluding carboxylic acids is 1.